The van der Waals surface area contributed by atoms with Gasteiger partial charge in [0, 0.05) is 30.6 Å². The third-order valence-corrected chi connectivity index (χ3v) is 4.93. The van der Waals surface area contributed by atoms with Crippen LogP contribution < -0.4 is 10.1 Å². The minimum atomic E-state index is 0. The number of hydrogen-bond donors (Lipinski definition) is 1. The average Bonchev–Trinajstić information content (AvgIpc) is 2.88. The zero-order valence-electron chi connectivity index (χ0n) is 14.8. The largest absolute Gasteiger partial charge is 0.494 e. The minimum absolute atomic E-state index is 0. The number of carbonyl (C=O) groups is 1. The lowest BCUT2D eigenvalue weighted by atomic mass is 10.2. The van der Waals surface area contributed by atoms with Gasteiger partial charge in [-0.25, -0.2) is 4.98 Å². The van der Waals surface area contributed by atoms with E-state index in [0.29, 0.717) is 13.0 Å². The Kier molecular flexibility index (Phi) is 9.94. The number of amides is 1. The van der Waals surface area contributed by atoms with Gasteiger partial charge in [0.2, 0.25) is 5.91 Å². The van der Waals surface area contributed by atoms with Crippen molar-refractivity contribution in [1.82, 2.24) is 15.2 Å². The maximum absolute atomic E-state index is 12.4. The highest BCUT2D eigenvalue weighted by Gasteiger charge is 2.17. The zero-order valence-corrected chi connectivity index (χ0v) is 17.2. The molecule has 26 heavy (non-hydrogen) atoms. The van der Waals surface area contributed by atoms with E-state index in [0.717, 1.165) is 54.6 Å². The quantitative estimate of drug-likeness (QED) is 0.809. The fourth-order valence-corrected chi connectivity index (χ4v) is 3.57. The molecule has 1 N–H and O–H groups in total. The SMILES string of the molecule is CCOc1ccc(-c2nc(CC(=O)N3CCCNCC3)cs2)cc1.Cl.Cl. The summed E-state index contributed by atoms with van der Waals surface area (Å²) in [7, 11) is 0. The van der Waals surface area contributed by atoms with Gasteiger partial charge in [-0.2, -0.15) is 0 Å². The Hall–Kier alpha value is -1.34. The molecule has 0 unspecified atom stereocenters. The number of aromatic nitrogens is 1. The number of thiazole rings is 1. The highest BCUT2D eigenvalue weighted by molar-refractivity contribution is 7.13. The van der Waals surface area contributed by atoms with Crippen molar-refractivity contribution in [2.75, 3.05) is 32.8 Å². The van der Waals surface area contributed by atoms with Crippen molar-refractivity contribution in [2.45, 2.75) is 19.8 Å². The van der Waals surface area contributed by atoms with Crippen LogP contribution in [0.3, 0.4) is 0 Å². The van der Waals surface area contributed by atoms with Crippen molar-refractivity contribution in [3.63, 3.8) is 0 Å². The summed E-state index contributed by atoms with van der Waals surface area (Å²) in [6.07, 6.45) is 1.40. The molecule has 0 saturated carbocycles. The lowest BCUT2D eigenvalue weighted by Crippen LogP contribution is -2.35. The first-order chi connectivity index (χ1) is 11.8. The molecule has 5 nitrogen and oxygen atoms in total. The number of nitrogens with one attached hydrogen (secondary N) is 1. The summed E-state index contributed by atoms with van der Waals surface area (Å²) in [5.74, 6) is 1.03. The van der Waals surface area contributed by atoms with Gasteiger partial charge in [-0.1, -0.05) is 0 Å². The Balaban J connectivity index is 0.00000169. The van der Waals surface area contributed by atoms with Crippen molar-refractivity contribution in [1.29, 1.82) is 0 Å². The fourth-order valence-electron chi connectivity index (χ4n) is 2.74. The monoisotopic (exact) mass is 417 g/mol. The molecular formula is C18H25Cl2N3O2S. The minimum Gasteiger partial charge on any atom is -0.494 e. The molecule has 0 aliphatic carbocycles. The van der Waals surface area contributed by atoms with Gasteiger partial charge in [-0.15, -0.1) is 36.2 Å². The lowest BCUT2D eigenvalue weighted by molar-refractivity contribution is -0.130. The van der Waals surface area contributed by atoms with Gasteiger partial charge < -0.3 is 15.0 Å². The van der Waals surface area contributed by atoms with E-state index in [4.69, 9.17) is 4.74 Å². The van der Waals surface area contributed by atoms with E-state index in [1.54, 1.807) is 11.3 Å². The molecule has 2 heterocycles. The number of halogens is 2. The van der Waals surface area contributed by atoms with E-state index in [-0.39, 0.29) is 30.7 Å². The Bertz CT molecular complexity index is 671. The second kappa shape index (κ2) is 11.4. The van der Waals surface area contributed by atoms with Crippen LogP contribution >= 0.6 is 36.2 Å². The van der Waals surface area contributed by atoms with Crippen molar-refractivity contribution in [3.8, 4) is 16.3 Å². The smallest absolute Gasteiger partial charge is 0.228 e. The van der Waals surface area contributed by atoms with Gasteiger partial charge in [0.05, 0.1) is 18.7 Å². The Morgan fingerprint density at radius 2 is 2.00 bits per heavy atom. The molecule has 1 amide bonds. The molecule has 144 valence electrons. The van der Waals surface area contributed by atoms with Gasteiger partial charge in [-0.3, -0.25) is 4.79 Å². The van der Waals surface area contributed by atoms with E-state index >= 15 is 0 Å². The molecule has 1 fully saturated rings. The normalized spacial score (nSPS) is 14.0. The van der Waals surface area contributed by atoms with Gasteiger partial charge >= 0.3 is 0 Å². The van der Waals surface area contributed by atoms with Gasteiger partial charge in [0.15, 0.2) is 0 Å². The van der Waals surface area contributed by atoms with Crippen LogP contribution in [0.25, 0.3) is 10.6 Å². The summed E-state index contributed by atoms with van der Waals surface area (Å²) >= 11 is 1.58. The van der Waals surface area contributed by atoms with Crippen LogP contribution in [0.15, 0.2) is 29.6 Å². The van der Waals surface area contributed by atoms with Crippen molar-refractivity contribution >= 4 is 42.1 Å². The van der Waals surface area contributed by atoms with Crippen molar-refractivity contribution < 1.29 is 9.53 Å². The number of nitrogens with zero attached hydrogens (tertiary/aromatic N) is 2. The third-order valence-electron chi connectivity index (χ3n) is 3.99. The summed E-state index contributed by atoms with van der Waals surface area (Å²) in [6, 6.07) is 7.93. The first kappa shape index (κ1) is 22.7. The van der Waals surface area contributed by atoms with Gasteiger partial charge in [-0.05, 0) is 44.2 Å². The number of carbonyl (C=O) groups excluding carboxylic acids is 1. The highest BCUT2D eigenvalue weighted by atomic mass is 35.5. The molecule has 1 aromatic heterocycles. The highest BCUT2D eigenvalue weighted by Crippen LogP contribution is 2.26. The molecule has 0 radical (unpaired) electrons. The van der Waals surface area contributed by atoms with Crippen LogP contribution in [-0.2, 0) is 11.2 Å². The van der Waals surface area contributed by atoms with E-state index < -0.39 is 0 Å². The van der Waals surface area contributed by atoms with Crippen LogP contribution in [0.2, 0.25) is 0 Å². The van der Waals surface area contributed by atoms with Crippen LogP contribution in [0.1, 0.15) is 19.0 Å². The molecule has 2 aromatic rings. The predicted molar refractivity (Wildman–Crippen MR) is 111 cm³/mol. The van der Waals surface area contributed by atoms with Crippen LogP contribution in [0, 0.1) is 0 Å². The fraction of sp³-hybridized carbons (Fsp3) is 0.444. The standard InChI is InChI=1S/C18H23N3O2S.2ClH/c1-2-23-16-6-4-14(5-7-16)18-20-15(13-24-18)12-17(22)21-10-3-8-19-9-11-21;;/h4-7,13,19H,2-3,8-12H2,1H3;2*1H. The molecule has 3 rings (SSSR count). The molecule has 1 aliphatic rings. The van der Waals surface area contributed by atoms with E-state index in [2.05, 4.69) is 10.3 Å². The lowest BCUT2D eigenvalue weighted by Gasteiger charge is -2.19. The zero-order chi connectivity index (χ0) is 16.8. The van der Waals surface area contributed by atoms with Crippen LogP contribution in [-0.4, -0.2) is 48.6 Å². The Labute approximate surface area is 171 Å². The molecule has 8 heteroatoms. The van der Waals surface area contributed by atoms with Gasteiger partial charge in [0.25, 0.3) is 0 Å². The number of hydrogen-bond acceptors (Lipinski definition) is 5. The third kappa shape index (κ3) is 6.13. The summed E-state index contributed by atoms with van der Waals surface area (Å²) in [4.78, 5) is 19.0. The number of ether oxygens (including phenoxy) is 1. The second-order valence-corrected chi connectivity index (χ2v) is 6.62. The number of benzene rings is 1. The molecule has 0 atom stereocenters. The van der Waals surface area contributed by atoms with Crippen molar-refractivity contribution in [2.24, 2.45) is 0 Å². The maximum atomic E-state index is 12.4. The van der Waals surface area contributed by atoms with E-state index in [1.165, 1.54) is 0 Å². The molecular weight excluding hydrogens is 393 g/mol. The Morgan fingerprint density at radius 1 is 1.23 bits per heavy atom. The summed E-state index contributed by atoms with van der Waals surface area (Å²) in [6.45, 7) is 6.12. The molecule has 0 spiro atoms. The molecule has 1 aromatic carbocycles. The van der Waals surface area contributed by atoms with Crippen LogP contribution in [0.4, 0.5) is 0 Å². The van der Waals surface area contributed by atoms with Gasteiger partial charge in [0.1, 0.15) is 10.8 Å². The topological polar surface area (TPSA) is 54.5 Å². The number of rotatable bonds is 5. The molecule has 0 bridgehead atoms. The first-order valence-corrected chi connectivity index (χ1v) is 9.30. The van der Waals surface area contributed by atoms with Crippen LogP contribution in [0.5, 0.6) is 5.75 Å². The Morgan fingerprint density at radius 3 is 2.73 bits per heavy atom. The second-order valence-electron chi connectivity index (χ2n) is 5.76. The first-order valence-electron chi connectivity index (χ1n) is 8.42. The summed E-state index contributed by atoms with van der Waals surface area (Å²) in [5.41, 5.74) is 1.91. The maximum Gasteiger partial charge on any atom is 0.228 e. The molecule has 1 saturated heterocycles. The predicted octanol–water partition coefficient (Wildman–Crippen LogP) is 3.42. The summed E-state index contributed by atoms with van der Waals surface area (Å²) in [5, 5.41) is 6.25. The average molecular weight is 418 g/mol. The van der Waals surface area contributed by atoms with E-state index in [9.17, 15) is 4.79 Å². The van der Waals surface area contributed by atoms with Crippen molar-refractivity contribution in [3.05, 3.63) is 35.3 Å². The summed E-state index contributed by atoms with van der Waals surface area (Å²) < 4.78 is 5.46. The molecule has 1 aliphatic heterocycles. The van der Waals surface area contributed by atoms with E-state index in [1.807, 2.05) is 41.5 Å².